The van der Waals surface area contributed by atoms with Crippen LogP contribution >= 0.6 is 15.9 Å². The summed E-state index contributed by atoms with van der Waals surface area (Å²) in [6.45, 7) is 0. The van der Waals surface area contributed by atoms with E-state index >= 15 is 0 Å². The number of nitrogens with zero attached hydrogens (tertiary/aromatic N) is 3. The molecule has 2 heterocycles. The molecule has 0 saturated carbocycles. The van der Waals surface area contributed by atoms with Crippen LogP contribution < -0.4 is 0 Å². The van der Waals surface area contributed by atoms with Crippen LogP contribution in [0.4, 0.5) is 0 Å². The zero-order chi connectivity index (χ0) is 21.5. The molecule has 0 fully saturated rings. The fourth-order valence-corrected chi connectivity index (χ4v) is 4.08. The van der Waals surface area contributed by atoms with Gasteiger partial charge in [-0.2, -0.15) is 0 Å². The zero-order valence-electron chi connectivity index (χ0n) is 16.9. The van der Waals surface area contributed by atoms with Crippen LogP contribution in [0.15, 0.2) is 106 Å². The van der Waals surface area contributed by atoms with E-state index in [4.69, 9.17) is 19.4 Å². The monoisotopic (exact) mass is 477 g/mol. The van der Waals surface area contributed by atoms with Crippen molar-refractivity contribution >= 4 is 37.9 Å². The fourth-order valence-electron chi connectivity index (χ4n) is 3.81. The Kier molecular flexibility index (Phi) is 4.55. The van der Waals surface area contributed by atoms with E-state index in [0.29, 0.717) is 17.5 Å². The van der Waals surface area contributed by atoms with Gasteiger partial charge in [-0.3, -0.25) is 0 Å². The van der Waals surface area contributed by atoms with Crippen LogP contribution in [-0.2, 0) is 0 Å². The second-order valence-electron chi connectivity index (χ2n) is 7.49. The Morgan fingerprint density at radius 3 is 1.81 bits per heavy atom. The quantitative estimate of drug-likeness (QED) is 0.264. The summed E-state index contributed by atoms with van der Waals surface area (Å²) >= 11 is 3.50. The van der Waals surface area contributed by atoms with Gasteiger partial charge in [-0.25, -0.2) is 15.0 Å². The van der Waals surface area contributed by atoms with Crippen LogP contribution in [0.5, 0.6) is 0 Å². The number of halogens is 1. The number of rotatable bonds is 3. The molecule has 0 spiro atoms. The molecule has 0 saturated heterocycles. The van der Waals surface area contributed by atoms with Crippen LogP contribution in [-0.4, -0.2) is 15.0 Å². The van der Waals surface area contributed by atoms with Crippen molar-refractivity contribution in [2.45, 2.75) is 0 Å². The molecular weight excluding hydrogens is 462 g/mol. The standard InChI is InChI=1S/C27H16BrN3O/c28-20-13-10-18(11-14-20)26-29-25(17-6-2-1-3-7-17)30-27(31-26)19-12-15-24-22(16-19)21-8-4-5-9-23(21)32-24/h1-16H. The molecule has 0 aliphatic rings. The van der Waals surface area contributed by atoms with Crippen molar-refractivity contribution in [1.82, 2.24) is 15.0 Å². The van der Waals surface area contributed by atoms with Gasteiger partial charge in [-0.05, 0) is 36.4 Å². The topological polar surface area (TPSA) is 51.8 Å². The second-order valence-corrected chi connectivity index (χ2v) is 8.40. The molecule has 0 amide bonds. The van der Waals surface area contributed by atoms with E-state index in [1.165, 1.54) is 0 Å². The van der Waals surface area contributed by atoms with Crippen molar-refractivity contribution in [3.05, 3.63) is 102 Å². The average molecular weight is 478 g/mol. The molecule has 0 atom stereocenters. The lowest BCUT2D eigenvalue weighted by Crippen LogP contribution is -2.00. The van der Waals surface area contributed by atoms with Gasteiger partial charge in [0.1, 0.15) is 11.2 Å². The largest absolute Gasteiger partial charge is 0.456 e. The first-order chi connectivity index (χ1) is 15.7. The Morgan fingerprint density at radius 2 is 1.06 bits per heavy atom. The van der Waals surface area contributed by atoms with E-state index < -0.39 is 0 Å². The zero-order valence-corrected chi connectivity index (χ0v) is 18.5. The van der Waals surface area contributed by atoms with E-state index in [9.17, 15) is 0 Å². The lowest BCUT2D eigenvalue weighted by atomic mass is 10.1. The van der Waals surface area contributed by atoms with Crippen molar-refractivity contribution in [2.24, 2.45) is 0 Å². The highest BCUT2D eigenvalue weighted by molar-refractivity contribution is 9.10. The average Bonchev–Trinajstić information content (AvgIpc) is 3.23. The lowest BCUT2D eigenvalue weighted by Gasteiger charge is -2.08. The minimum atomic E-state index is 0.629. The van der Waals surface area contributed by atoms with Crippen molar-refractivity contribution in [3.8, 4) is 34.2 Å². The van der Waals surface area contributed by atoms with E-state index in [-0.39, 0.29) is 0 Å². The van der Waals surface area contributed by atoms with Crippen LogP contribution in [0.3, 0.4) is 0 Å². The third kappa shape index (κ3) is 3.37. The highest BCUT2D eigenvalue weighted by Crippen LogP contribution is 2.32. The molecule has 0 aliphatic carbocycles. The van der Waals surface area contributed by atoms with Gasteiger partial charge in [0.2, 0.25) is 0 Å². The van der Waals surface area contributed by atoms with Crippen molar-refractivity contribution in [3.63, 3.8) is 0 Å². The van der Waals surface area contributed by atoms with Gasteiger partial charge < -0.3 is 4.42 Å². The Labute approximate surface area is 192 Å². The molecule has 0 bridgehead atoms. The van der Waals surface area contributed by atoms with Gasteiger partial charge in [0.15, 0.2) is 17.5 Å². The Morgan fingerprint density at radius 1 is 0.500 bits per heavy atom. The molecule has 4 aromatic carbocycles. The number of furan rings is 1. The molecule has 6 aromatic rings. The third-order valence-electron chi connectivity index (χ3n) is 5.40. The SMILES string of the molecule is Brc1ccc(-c2nc(-c3ccccc3)nc(-c3ccc4oc5ccccc5c4c3)n2)cc1. The second kappa shape index (κ2) is 7.70. The summed E-state index contributed by atoms with van der Waals surface area (Å²) in [6.07, 6.45) is 0. The molecular formula is C27H16BrN3O. The Balaban J connectivity index is 1.57. The maximum Gasteiger partial charge on any atom is 0.164 e. The Hall–Kier alpha value is -3.83. The molecule has 32 heavy (non-hydrogen) atoms. The molecule has 0 N–H and O–H groups in total. The highest BCUT2D eigenvalue weighted by Gasteiger charge is 2.14. The summed E-state index contributed by atoms with van der Waals surface area (Å²) in [5.74, 6) is 1.91. The number of hydrogen-bond acceptors (Lipinski definition) is 4. The molecule has 0 radical (unpaired) electrons. The maximum absolute atomic E-state index is 5.98. The smallest absolute Gasteiger partial charge is 0.164 e. The van der Waals surface area contributed by atoms with Gasteiger partial charge in [0, 0.05) is 31.9 Å². The summed E-state index contributed by atoms with van der Waals surface area (Å²) < 4.78 is 6.99. The maximum atomic E-state index is 5.98. The van der Waals surface area contributed by atoms with E-state index in [0.717, 1.165) is 43.1 Å². The van der Waals surface area contributed by atoms with Crippen molar-refractivity contribution < 1.29 is 4.42 Å². The van der Waals surface area contributed by atoms with Crippen LogP contribution in [0, 0.1) is 0 Å². The predicted octanol–water partition coefficient (Wildman–Crippen LogP) is 7.53. The van der Waals surface area contributed by atoms with Crippen LogP contribution in [0.1, 0.15) is 0 Å². The van der Waals surface area contributed by atoms with Crippen LogP contribution in [0.2, 0.25) is 0 Å². The molecule has 6 rings (SSSR count). The molecule has 4 nitrogen and oxygen atoms in total. The van der Waals surface area contributed by atoms with Crippen molar-refractivity contribution in [1.29, 1.82) is 0 Å². The van der Waals surface area contributed by atoms with E-state index in [1.54, 1.807) is 0 Å². The summed E-state index contributed by atoms with van der Waals surface area (Å²) in [4.78, 5) is 14.4. The van der Waals surface area contributed by atoms with Crippen LogP contribution in [0.25, 0.3) is 56.1 Å². The lowest BCUT2D eigenvalue weighted by molar-refractivity contribution is 0.669. The van der Waals surface area contributed by atoms with Gasteiger partial charge >= 0.3 is 0 Å². The first kappa shape index (κ1) is 18.9. The summed E-state index contributed by atoms with van der Waals surface area (Å²) in [6, 6.07) is 32.1. The predicted molar refractivity (Wildman–Crippen MR) is 131 cm³/mol. The van der Waals surface area contributed by atoms with E-state index in [2.05, 4.69) is 28.1 Å². The van der Waals surface area contributed by atoms with Gasteiger partial charge in [0.25, 0.3) is 0 Å². The molecule has 0 unspecified atom stereocenters. The normalized spacial score (nSPS) is 11.3. The van der Waals surface area contributed by atoms with Gasteiger partial charge in [-0.15, -0.1) is 0 Å². The molecule has 5 heteroatoms. The van der Waals surface area contributed by atoms with Gasteiger partial charge in [0.05, 0.1) is 0 Å². The number of hydrogen-bond donors (Lipinski definition) is 0. The van der Waals surface area contributed by atoms with Crippen molar-refractivity contribution in [2.75, 3.05) is 0 Å². The summed E-state index contributed by atoms with van der Waals surface area (Å²) in [5, 5.41) is 2.12. The number of fused-ring (bicyclic) bond motifs is 3. The Bertz CT molecular complexity index is 1570. The minimum absolute atomic E-state index is 0.629. The first-order valence-corrected chi connectivity index (χ1v) is 11.0. The first-order valence-electron chi connectivity index (χ1n) is 10.2. The minimum Gasteiger partial charge on any atom is -0.456 e. The third-order valence-corrected chi connectivity index (χ3v) is 5.93. The molecule has 0 aliphatic heterocycles. The molecule has 2 aromatic heterocycles. The highest BCUT2D eigenvalue weighted by atomic mass is 79.9. The number of aromatic nitrogens is 3. The van der Waals surface area contributed by atoms with E-state index in [1.807, 2.05) is 84.9 Å². The summed E-state index contributed by atoms with van der Waals surface area (Å²) in [7, 11) is 0. The fraction of sp³-hybridized carbons (Fsp3) is 0. The molecule has 152 valence electrons. The van der Waals surface area contributed by atoms with Gasteiger partial charge in [-0.1, -0.05) is 76.6 Å². The number of para-hydroxylation sites is 1. The number of benzene rings is 4. The summed E-state index contributed by atoms with van der Waals surface area (Å²) in [5.41, 5.74) is 4.52.